The van der Waals surface area contributed by atoms with E-state index in [0.717, 1.165) is 13.0 Å². The van der Waals surface area contributed by atoms with Gasteiger partial charge in [-0.25, -0.2) is 4.21 Å². The Hall–Kier alpha value is 0.0700. The van der Waals surface area contributed by atoms with E-state index in [-0.39, 0.29) is 0 Å². The van der Waals surface area contributed by atoms with Gasteiger partial charge in [0.2, 0.25) is 0 Å². The number of hydrogen-bond acceptors (Lipinski definition) is 2. The molecule has 4 heteroatoms. The molecule has 1 atom stereocenters. The van der Waals surface area contributed by atoms with Crippen molar-refractivity contribution in [3.05, 3.63) is 0 Å². The first-order valence-corrected chi connectivity index (χ1v) is 5.86. The fraction of sp³-hybridized carbons (Fsp3) is 1.00. The average molecular weight is 191 g/mol. The molecule has 0 saturated carbocycles. The van der Waals surface area contributed by atoms with Crippen LogP contribution in [0.2, 0.25) is 0 Å². The molecule has 1 heterocycles. The van der Waals surface area contributed by atoms with Crippen LogP contribution in [0.1, 0.15) is 25.7 Å². The Labute approximate surface area is 76.4 Å². The molecule has 1 rings (SSSR count). The molecule has 1 saturated heterocycles. The lowest BCUT2D eigenvalue weighted by Gasteiger charge is -2.25. The molecule has 0 amide bonds. The highest BCUT2D eigenvalue weighted by atomic mass is 32.2. The second kappa shape index (κ2) is 5.67. The normalized spacial score (nSPS) is 22.4. The Morgan fingerprint density at radius 2 is 1.92 bits per heavy atom. The molecule has 1 fully saturated rings. The summed E-state index contributed by atoms with van der Waals surface area (Å²) in [7, 11) is 0. The lowest BCUT2D eigenvalue weighted by Crippen LogP contribution is -2.31. The maximum Gasteiger partial charge on any atom is 0.152 e. The standard InChI is InChI=1S/C8H17NO2S/c10-12(11)8-4-7-9-5-2-1-3-6-9/h1-8H2,(H,10,11). The fourth-order valence-electron chi connectivity index (χ4n) is 1.59. The summed E-state index contributed by atoms with van der Waals surface area (Å²) >= 11 is -1.60. The van der Waals surface area contributed by atoms with Gasteiger partial charge in [0.25, 0.3) is 0 Å². The monoisotopic (exact) mass is 191 g/mol. The van der Waals surface area contributed by atoms with E-state index in [1.54, 1.807) is 0 Å². The van der Waals surface area contributed by atoms with Crippen molar-refractivity contribution >= 4 is 11.1 Å². The minimum absolute atomic E-state index is 0.427. The summed E-state index contributed by atoms with van der Waals surface area (Å²) in [5.41, 5.74) is 0. The number of nitrogens with zero attached hydrogens (tertiary/aromatic N) is 1. The van der Waals surface area contributed by atoms with E-state index in [2.05, 4.69) is 4.90 Å². The third-order valence-electron chi connectivity index (χ3n) is 2.24. The van der Waals surface area contributed by atoms with Gasteiger partial charge in [-0.2, -0.15) is 0 Å². The van der Waals surface area contributed by atoms with Gasteiger partial charge >= 0.3 is 0 Å². The van der Waals surface area contributed by atoms with Crippen molar-refractivity contribution in [2.75, 3.05) is 25.4 Å². The molecule has 0 aromatic carbocycles. The molecule has 72 valence electrons. The predicted octanol–water partition coefficient (Wildman–Crippen LogP) is 1.08. The molecule has 1 aliphatic heterocycles. The van der Waals surface area contributed by atoms with Gasteiger partial charge in [-0.05, 0) is 38.9 Å². The third kappa shape index (κ3) is 4.18. The molecule has 3 nitrogen and oxygen atoms in total. The predicted molar refractivity (Wildman–Crippen MR) is 50.5 cm³/mol. The van der Waals surface area contributed by atoms with Crippen LogP contribution in [-0.2, 0) is 11.1 Å². The lowest BCUT2D eigenvalue weighted by atomic mass is 10.1. The van der Waals surface area contributed by atoms with Crippen molar-refractivity contribution in [1.29, 1.82) is 0 Å². The first-order chi connectivity index (χ1) is 5.79. The largest absolute Gasteiger partial charge is 0.306 e. The summed E-state index contributed by atoms with van der Waals surface area (Å²) < 4.78 is 18.9. The lowest BCUT2D eigenvalue weighted by molar-refractivity contribution is 0.229. The van der Waals surface area contributed by atoms with Gasteiger partial charge in [-0.1, -0.05) is 6.42 Å². The first kappa shape index (κ1) is 10.2. The first-order valence-electron chi connectivity index (χ1n) is 4.59. The van der Waals surface area contributed by atoms with Crippen LogP contribution in [0, 0.1) is 0 Å². The molecule has 0 spiro atoms. The zero-order valence-corrected chi connectivity index (χ0v) is 8.18. The Morgan fingerprint density at radius 3 is 2.50 bits per heavy atom. The molecular weight excluding hydrogens is 174 g/mol. The van der Waals surface area contributed by atoms with E-state index in [4.69, 9.17) is 4.55 Å². The number of hydrogen-bond donors (Lipinski definition) is 1. The molecule has 1 aliphatic rings. The highest BCUT2D eigenvalue weighted by molar-refractivity contribution is 7.79. The van der Waals surface area contributed by atoms with Gasteiger partial charge in [-0.3, -0.25) is 0 Å². The number of piperidine rings is 1. The quantitative estimate of drug-likeness (QED) is 0.676. The molecule has 0 aromatic heterocycles. The molecule has 0 radical (unpaired) electrons. The summed E-state index contributed by atoms with van der Waals surface area (Å²) in [4.78, 5) is 2.39. The van der Waals surface area contributed by atoms with Crippen molar-refractivity contribution in [3.63, 3.8) is 0 Å². The van der Waals surface area contributed by atoms with E-state index in [0.29, 0.717) is 5.75 Å². The van der Waals surface area contributed by atoms with Crippen LogP contribution in [0.3, 0.4) is 0 Å². The summed E-state index contributed by atoms with van der Waals surface area (Å²) in [6.45, 7) is 3.35. The van der Waals surface area contributed by atoms with E-state index in [1.807, 2.05) is 0 Å². The topological polar surface area (TPSA) is 40.5 Å². The minimum atomic E-state index is -1.60. The maximum atomic E-state index is 10.3. The van der Waals surface area contributed by atoms with Crippen LogP contribution in [0.25, 0.3) is 0 Å². The van der Waals surface area contributed by atoms with Gasteiger partial charge in [0.1, 0.15) is 0 Å². The third-order valence-corrected chi connectivity index (χ3v) is 2.88. The van der Waals surface area contributed by atoms with Gasteiger partial charge in [0.15, 0.2) is 11.1 Å². The Morgan fingerprint density at radius 1 is 1.25 bits per heavy atom. The molecule has 0 aliphatic carbocycles. The zero-order valence-electron chi connectivity index (χ0n) is 7.37. The van der Waals surface area contributed by atoms with Crippen molar-refractivity contribution in [1.82, 2.24) is 4.90 Å². The smallest absolute Gasteiger partial charge is 0.152 e. The van der Waals surface area contributed by atoms with Crippen molar-refractivity contribution < 1.29 is 8.76 Å². The van der Waals surface area contributed by atoms with Crippen LogP contribution in [0.5, 0.6) is 0 Å². The van der Waals surface area contributed by atoms with Crippen LogP contribution in [0.4, 0.5) is 0 Å². The highest BCUT2D eigenvalue weighted by Gasteiger charge is 2.09. The molecule has 1 N–H and O–H groups in total. The number of likely N-dealkylation sites (tertiary alicyclic amines) is 1. The second-order valence-corrected chi connectivity index (χ2v) is 4.33. The minimum Gasteiger partial charge on any atom is -0.306 e. The Kier molecular flexibility index (Phi) is 4.80. The van der Waals surface area contributed by atoms with Crippen molar-refractivity contribution in [3.8, 4) is 0 Å². The van der Waals surface area contributed by atoms with Crippen molar-refractivity contribution in [2.45, 2.75) is 25.7 Å². The fourth-order valence-corrected chi connectivity index (χ4v) is 1.97. The molecule has 0 bridgehead atoms. The summed E-state index contributed by atoms with van der Waals surface area (Å²) in [5.74, 6) is 0.427. The van der Waals surface area contributed by atoms with Gasteiger partial charge in [0.05, 0.1) is 5.75 Å². The molecule has 12 heavy (non-hydrogen) atoms. The van der Waals surface area contributed by atoms with E-state index >= 15 is 0 Å². The highest BCUT2D eigenvalue weighted by Crippen LogP contribution is 2.08. The molecule has 1 unspecified atom stereocenters. The van der Waals surface area contributed by atoms with Crippen LogP contribution in [-0.4, -0.2) is 39.0 Å². The second-order valence-electron chi connectivity index (χ2n) is 3.28. The van der Waals surface area contributed by atoms with Crippen LogP contribution < -0.4 is 0 Å². The van der Waals surface area contributed by atoms with E-state index in [1.165, 1.54) is 32.4 Å². The number of rotatable bonds is 4. The molecule has 0 aromatic rings. The SMILES string of the molecule is O=S(O)CCCN1CCCCC1. The van der Waals surface area contributed by atoms with Gasteiger partial charge in [-0.15, -0.1) is 0 Å². The van der Waals surface area contributed by atoms with E-state index < -0.39 is 11.1 Å². The maximum absolute atomic E-state index is 10.3. The Balaban J connectivity index is 2.01. The van der Waals surface area contributed by atoms with Crippen molar-refractivity contribution in [2.24, 2.45) is 0 Å². The van der Waals surface area contributed by atoms with Gasteiger partial charge in [0, 0.05) is 0 Å². The summed E-state index contributed by atoms with van der Waals surface area (Å²) in [5, 5.41) is 0. The van der Waals surface area contributed by atoms with Crippen LogP contribution in [0.15, 0.2) is 0 Å². The van der Waals surface area contributed by atoms with Gasteiger partial charge < -0.3 is 9.45 Å². The molecular formula is C8H17NO2S. The Bertz CT molecular complexity index is 146. The van der Waals surface area contributed by atoms with Crippen LogP contribution >= 0.6 is 0 Å². The zero-order chi connectivity index (χ0) is 8.81. The summed E-state index contributed by atoms with van der Waals surface area (Å²) in [6.07, 6.45) is 4.79. The van der Waals surface area contributed by atoms with E-state index in [9.17, 15) is 4.21 Å². The average Bonchev–Trinajstić information content (AvgIpc) is 2.05. The summed E-state index contributed by atoms with van der Waals surface area (Å²) in [6, 6.07) is 0.